The molecule has 0 aliphatic heterocycles. The molecule has 0 aliphatic rings. The van der Waals surface area contributed by atoms with Crippen molar-refractivity contribution in [3.8, 4) is 0 Å². The van der Waals surface area contributed by atoms with Gasteiger partial charge in [-0.1, -0.05) is 39.0 Å². The number of benzene rings is 1. The van der Waals surface area contributed by atoms with Gasteiger partial charge in [0.15, 0.2) is 0 Å². The van der Waals surface area contributed by atoms with Crippen LogP contribution in [0.4, 0.5) is 0 Å². The molecule has 0 fully saturated rings. The van der Waals surface area contributed by atoms with E-state index in [0.717, 1.165) is 0 Å². The fourth-order valence-electron chi connectivity index (χ4n) is 2.31. The van der Waals surface area contributed by atoms with E-state index in [0.29, 0.717) is 17.5 Å². The molecule has 2 heteroatoms. The second kappa shape index (κ2) is 5.26. The lowest BCUT2D eigenvalue weighted by atomic mass is 9.87. The summed E-state index contributed by atoms with van der Waals surface area (Å²) in [7, 11) is 0. The van der Waals surface area contributed by atoms with E-state index in [9.17, 15) is 0 Å². The van der Waals surface area contributed by atoms with E-state index < -0.39 is 0 Å². The van der Waals surface area contributed by atoms with Crippen LogP contribution in [0.1, 0.15) is 51.1 Å². The SMILES string of the molecule is Cc1c(C(C)NC(C)C(C)(C)C)sc2ccccc12. The molecule has 104 valence electrons. The average Bonchev–Trinajstić information content (AvgIpc) is 2.66. The fourth-order valence-corrected chi connectivity index (χ4v) is 3.53. The van der Waals surface area contributed by atoms with Gasteiger partial charge in [-0.25, -0.2) is 0 Å². The van der Waals surface area contributed by atoms with Crippen molar-refractivity contribution < 1.29 is 0 Å². The van der Waals surface area contributed by atoms with Gasteiger partial charge in [0.2, 0.25) is 0 Å². The number of fused-ring (bicyclic) bond motifs is 1. The van der Waals surface area contributed by atoms with E-state index in [1.165, 1.54) is 20.5 Å². The van der Waals surface area contributed by atoms with E-state index in [2.05, 4.69) is 71.1 Å². The van der Waals surface area contributed by atoms with Gasteiger partial charge in [-0.05, 0) is 43.2 Å². The zero-order chi connectivity index (χ0) is 14.2. The first-order chi connectivity index (χ1) is 8.80. The zero-order valence-corrected chi connectivity index (χ0v) is 13.7. The lowest BCUT2D eigenvalue weighted by molar-refractivity contribution is 0.269. The molecule has 0 spiro atoms. The predicted octanol–water partition coefficient (Wildman–Crippen LogP) is 5.29. The van der Waals surface area contributed by atoms with Crippen molar-refractivity contribution in [3.05, 3.63) is 34.7 Å². The van der Waals surface area contributed by atoms with Gasteiger partial charge in [0.1, 0.15) is 0 Å². The summed E-state index contributed by atoms with van der Waals surface area (Å²) in [6, 6.07) is 9.60. The monoisotopic (exact) mass is 275 g/mol. The lowest BCUT2D eigenvalue weighted by Crippen LogP contribution is -2.39. The minimum absolute atomic E-state index is 0.291. The highest BCUT2D eigenvalue weighted by atomic mass is 32.1. The Morgan fingerprint density at radius 3 is 2.32 bits per heavy atom. The van der Waals surface area contributed by atoms with Gasteiger partial charge in [-0.2, -0.15) is 0 Å². The summed E-state index contributed by atoms with van der Waals surface area (Å²) in [4.78, 5) is 1.47. The van der Waals surface area contributed by atoms with Crippen molar-refractivity contribution in [2.24, 2.45) is 5.41 Å². The van der Waals surface area contributed by atoms with E-state index in [1.807, 2.05) is 11.3 Å². The molecular formula is C17H25NS. The molecule has 1 nitrogen and oxygen atoms in total. The molecule has 19 heavy (non-hydrogen) atoms. The second-order valence-electron chi connectivity index (χ2n) is 6.56. The number of thiophene rings is 1. The van der Waals surface area contributed by atoms with Crippen LogP contribution in [0.15, 0.2) is 24.3 Å². The van der Waals surface area contributed by atoms with Crippen LogP contribution < -0.4 is 5.32 Å². The first kappa shape index (κ1) is 14.5. The van der Waals surface area contributed by atoms with Crippen LogP contribution >= 0.6 is 11.3 Å². The molecule has 0 saturated carbocycles. The molecule has 0 aliphatic carbocycles. The molecule has 2 atom stereocenters. The third kappa shape index (κ3) is 3.01. The highest BCUT2D eigenvalue weighted by molar-refractivity contribution is 7.19. The molecule has 0 bridgehead atoms. The number of rotatable bonds is 3. The Morgan fingerprint density at radius 2 is 1.74 bits per heavy atom. The summed E-state index contributed by atoms with van der Waals surface area (Å²) in [5, 5.41) is 5.15. The van der Waals surface area contributed by atoms with Crippen molar-refractivity contribution >= 4 is 21.4 Å². The summed E-state index contributed by atoms with van der Waals surface area (Å²) in [6.07, 6.45) is 0. The third-order valence-electron chi connectivity index (χ3n) is 4.07. The van der Waals surface area contributed by atoms with E-state index >= 15 is 0 Å². The van der Waals surface area contributed by atoms with Gasteiger partial charge in [-0.3, -0.25) is 0 Å². The van der Waals surface area contributed by atoms with Gasteiger partial charge in [-0.15, -0.1) is 11.3 Å². The molecule has 0 radical (unpaired) electrons. The van der Waals surface area contributed by atoms with Crippen molar-refractivity contribution in [3.63, 3.8) is 0 Å². The summed E-state index contributed by atoms with van der Waals surface area (Å²) in [6.45, 7) is 13.7. The summed E-state index contributed by atoms with van der Waals surface area (Å²) >= 11 is 1.92. The van der Waals surface area contributed by atoms with Crippen LogP contribution in [0.2, 0.25) is 0 Å². The summed E-state index contributed by atoms with van der Waals surface area (Å²) in [5.74, 6) is 0. The maximum Gasteiger partial charge on any atom is 0.0391 e. The summed E-state index contributed by atoms with van der Waals surface area (Å²) < 4.78 is 1.40. The van der Waals surface area contributed by atoms with Crippen LogP contribution in [-0.4, -0.2) is 6.04 Å². The molecule has 0 amide bonds. The van der Waals surface area contributed by atoms with Gasteiger partial charge in [0.05, 0.1) is 0 Å². The molecule has 2 unspecified atom stereocenters. The lowest BCUT2D eigenvalue weighted by Gasteiger charge is -2.31. The minimum Gasteiger partial charge on any atom is -0.306 e. The van der Waals surface area contributed by atoms with Crippen molar-refractivity contribution in [1.82, 2.24) is 5.32 Å². The molecule has 1 heterocycles. The number of hydrogen-bond donors (Lipinski definition) is 1. The van der Waals surface area contributed by atoms with Crippen LogP contribution in [0.25, 0.3) is 10.1 Å². The Kier molecular flexibility index (Phi) is 4.03. The normalized spacial score (nSPS) is 15.7. The highest BCUT2D eigenvalue weighted by Gasteiger charge is 2.23. The quantitative estimate of drug-likeness (QED) is 0.802. The van der Waals surface area contributed by atoms with Gasteiger partial charge < -0.3 is 5.32 Å². The molecule has 2 aromatic rings. The fraction of sp³-hybridized carbons (Fsp3) is 0.529. The van der Waals surface area contributed by atoms with E-state index in [4.69, 9.17) is 0 Å². The maximum atomic E-state index is 3.75. The van der Waals surface area contributed by atoms with Gasteiger partial charge in [0, 0.05) is 21.7 Å². The Bertz CT molecular complexity index is 562. The Labute approximate surface area is 121 Å². The Morgan fingerprint density at radius 1 is 1.11 bits per heavy atom. The van der Waals surface area contributed by atoms with Crippen molar-refractivity contribution in [1.29, 1.82) is 0 Å². The van der Waals surface area contributed by atoms with Gasteiger partial charge >= 0.3 is 0 Å². The van der Waals surface area contributed by atoms with E-state index in [1.54, 1.807) is 0 Å². The minimum atomic E-state index is 0.291. The molecule has 1 N–H and O–H groups in total. The van der Waals surface area contributed by atoms with Gasteiger partial charge in [0.25, 0.3) is 0 Å². The van der Waals surface area contributed by atoms with Crippen LogP contribution in [0, 0.1) is 12.3 Å². The average molecular weight is 275 g/mol. The van der Waals surface area contributed by atoms with Crippen LogP contribution in [0.5, 0.6) is 0 Å². The van der Waals surface area contributed by atoms with E-state index in [-0.39, 0.29) is 0 Å². The zero-order valence-electron chi connectivity index (χ0n) is 12.9. The first-order valence-electron chi connectivity index (χ1n) is 7.04. The first-order valence-corrected chi connectivity index (χ1v) is 7.86. The summed E-state index contributed by atoms with van der Waals surface area (Å²) in [5.41, 5.74) is 1.72. The highest BCUT2D eigenvalue weighted by Crippen LogP contribution is 2.35. The van der Waals surface area contributed by atoms with Crippen molar-refractivity contribution in [2.45, 2.75) is 53.6 Å². The largest absolute Gasteiger partial charge is 0.306 e. The maximum absolute atomic E-state index is 3.75. The van der Waals surface area contributed by atoms with Crippen molar-refractivity contribution in [2.75, 3.05) is 0 Å². The molecular weight excluding hydrogens is 250 g/mol. The topological polar surface area (TPSA) is 12.0 Å². The molecule has 1 aromatic carbocycles. The Hall–Kier alpha value is -0.860. The molecule has 2 rings (SSSR count). The Balaban J connectivity index is 2.27. The number of aryl methyl sites for hydroxylation is 1. The number of nitrogens with one attached hydrogen (secondary N) is 1. The number of hydrogen-bond acceptors (Lipinski definition) is 2. The third-order valence-corrected chi connectivity index (χ3v) is 5.53. The predicted molar refractivity (Wildman–Crippen MR) is 87.0 cm³/mol. The smallest absolute Gasteiger partial charge is 0.0391 e. The van der Waals surface area contributed by atoms with Crippen LogP contribution in [0.3, 0.4) is 0 Å². The van der Waals surface area contributed by atoms with Crippen LogP contribution in [-0.2, 0) is 0 Å². The molecule has 1 aromatic heterocycles. The second-order valence-corrected chi connectivity index (χ2v) is 7.65. The standard InChI is InChI=1S/C17H25NS/c1-11-14-9-7-8-10-15(14)19-16(11)12(2)18-13(3)17(4,5)6/h7-10,12-13,18H,1-6H3. The molecule has 0 saturated heterocycles.